The molecule has 180 valence electrons. The summed E-state index contributed by atoms with van der Waals surface area (Å²) in [5.74, 6) is 1.75. The molecule has 0 saturated heterocycles. The van der Waals surface area contributed by atoms with Gasteiger partial charge >= 0.3 is 0 Å². The van der Waals surface area contributed by atoms with Gasteiger partial charge in [0.15, 0.2) is 11.5 Å². The number of nitrogens with zero attached hydrogens (tertiary/aromatic N) is 3. The zero-order valence-electron chi connectivity index (χ0n) is 19.7. The van der Waals surface area contributed by atoms with Crippen molar-refractivity contribution in [2.24, 2.45) is 5.10 Å². The summed E-state index contributed by atoms with van der Waals surface area (Å²) < 4.78 is 13.8. The highest BCUT2D eigenvalue weighted by Gasteiger charge is 2.16. The van der Waals surface area contributed by atoms with Crippen molar-refractivity contribution in [3.63, 3.8) is 0 Å². The van der Waals surface area contributed by atoms with Crippen LogP contribution < -0.4 is 15.0 Å². The fourth-order valence-electron chi connectivity index (χ4n) is 3.58. The van der Waals surface area contributed by atoms with E-state index < -0.39 is 0 Å². The normalized spacial score (nSPS) is 12.3. The third-order valence-electron chi connectivity index (χ3n) is 5.72. The molecule has 0 amide bonds. The average molecular weight is 555 g/mol. The monoisotopic (exact) mass is 553 g/mol. The van der Waals surface area contributed by atoms with E-state index in [1.54, 1.807) is 19.4 Å². The van der Waals surface area contributed by atoms with Gasteiger partial charge in [-0.3, -0.25) is 4.79 Å². The maximum absolute atomic E-state index is 13.4. The van der Waals surface area contributed by atoms with E-state index in [-0.39, 0.29) is 11.5 Å². The summed E-state index contributed by atoms with van der Waals surface area (Å²) in [4.78, 5) is 18.2. The van der Waals surface area contributed by atoms with Gasteiger partial charge in [0.25, 0.3) is 5.56 Å². The van der Waals surface area contributed by atoms with Gasteiger partial charge in [0.05, 0.1) is 24.2 Å². The van der Waals surface area contributed by atoms with E-state index in [9.17, 15) is 4.79 Å². The lowest BCUT2D eigenvalue weighted by Crippen LogP contribution is -2.23. The molecule has 8 heteroatoms. The van der Waals surface area contributed by atoms with Crippen molar-refractivity contribution in [1.29, 1.82) is 0 Å². The van der Waals surface area contributed by atoms with Crippen LogP contribution in [0.25, 0.3) is 10.9 Å². The van der Waals surface area contributed by atoms with E-state index in [0.29, 0.717) is 45.4 Å². The van der Waals surface area contributed by atoms with Gasteiger partial charge in [-0.2, -0.15) is 9.78 Å². The summed E-state index contributed by atoms with van der Waals surface area (Å²) in [5.41, 5.74) is 2.06. The van der Waals surface area contributed by atoms with Gasteiger partial charge in [0.2, 0.25) is 0 Å². The number of methoxy groups -OCH3 is 1. The Morgan fingerprint density at radius 3 is 2.66 bits per heavy atom. The molecule has 1 atom stereocenters. The average Bonchev–Trinajstić information content (AvgIpc) is 2.87. The molecule has 4 aromatic rings. The van der Waals surface area contributed by atoms with E-state index in [1.165, 1.54) is 4.68 Å². The molecule has 0 unspecified atom stereocenters. The number of hydrogen-bond acceptors (Lipinski definition) is 5. The summed E-state index contributed by atoms with van der Waals surface area (Å²) in [6, 6.07) is 18.5. The minimum Gasteiger partial charge on any atom is -0.493 e. The summed E-state index contributed by atoms with van der Waals surface area (Å²) >= 11 is 9.43. The lowest BCUT2D eigenvalue weighted by atomic mass is 10.1. The number of hydrogen-bond donors (Lipinski definition) is 0. The van der Waals surface area contributed by atoms with Crippen molar-refractivity contribution in [2.75, 3.05) is 7.11 Å². The van der Waals surface area contributed by atoms with Crippen molar-refractivity contribution >= 4 is 44.6 Å². The lowest BCUT2D eigenvalue weighted by molar-refractivity contribution is 0.284. The molecule has 4 rings (SSSR count). The third-order valence-corrected chi connectivity index (χ3v) is 6.47. The van der Waals surface area contributed by atoms with E-state index in [1.807, 2.05) is 61.5 Å². The van der Waals surface area contributed by atoms with Crippen LogP contribution in [0.15, 0.2) is 75.0 Å². The molecule has 3 aromatic carbocycles. The molecule has 0 aliphatic rings. The van der Waals surface area contributed by atoms with E-state index in [0.717, 1.165) is 16.5 Å². The smallest absolute Gasteiger partial charge is 0.282 e. The topological polar surface area (TPSA) is 65.7 Å². The molecule has 0 saturated carbocycles. The maximum Gasteiger partial charge on any atom is 0.282 e. The van der Waals surface area contributed by atoms with E-state index >= 15 is 0 Å². The molecule has 6 nitrogen and oxygen atoms in total. The van der Waals surface area contributed by atoms with Gasteiger partial charge in [-0.25, -0.2) is 4.98 Å². The first-order valence-corrected chi connectivity index (χ1v) is 12.4. The molecule has 1 heterocycles. The SMILES string of the molecule is CC[C@@H](C)c1nc2ccc(Br)cc2c(=O)n1N=Cc1cccc(OC)c1OCc1ccc(Cl)cc1. The summed E-state index contributed by atoms with van der Waals surface area (Å²) in [5, 5.41) is 5.73. The quantitative estimate of drug-likeness (QED) is 0.225. The van der Waals surface area contributed by atoms with Crippen LogP contribution in [0.3, 0.4) is 0 Å². The molecule has 0 aliphatic heterocycles. The molecular formula is C27H25BrClN3O3. The maximum atomic E-state index is 13.4. The highest BCUT2D eigenvalue weighted by molar-refractivity contribution is 9.10. The number of fused-ring (bicyclic) bond motifs is 1. The van der Waals surface area contributed by atoms with Crippen molar-refractivity contribution < 1.29 is 9.47 Å². The Labute approximate surface area is 217 Å². The number of halogens is 2. The molecule has 0 spiro atoms. The number of benzene rings is 3. The first-order valence-electron chi connectivity index (χ1n) is 11.2. The standard InChI is InChI=1S/C27H25BrClN3O3/c1-4-17(2)26-31-23-13-10-20(28)14-22(23)27(33)32(26)30-15-19-6-5-7-24(34-3)25(19)35-16-18-8-11-21(29)12-9-18/h5-15,17H,4,16H2,1-3H3/t17-/m1/s1. The van der Waals surface area contributed by atoms with Crippen LogP contribution in [0.5, 0.6) is 11.5 Å². The number of ether oxygens (including phenoxy) is 2. The minimum absolute atomic E-state index is 0.0406. The van der Waals surface area contributed by atoms with Gasteiger partial charge in [-0.05, 0) is 54.4 Å². The molecule has 1 aromatic heterocycles. The van der Waals surface area contributed by atoms with Gasteiger partial charge in [0, 0.05) is 21.0 Å². The Hall–Kier alpha value is -3.16. The zero-order valence-corrected chi connectivity index (χ0v) is 22.0. The predicted molar refractivity (Wildman–Crippen MR) is 144 cm³/mol. The fourth-order valence-corrected chi connectivity index (χ4v) is 4.07. The van der Waals surface area contributed by atoms with Gasteiger partial charge < -0.3 is 9.47 Å². The first-order chi connectivity index (χ1) is 16.9. The Kier molecular flexibility index (Phi) is 7.88. The van der Waals surface area contributed by atoms with Crippen LogP contribution in [-0.2, 0) is 6.61 Å². The summed E-state index contributed by atoms with van der Waals surface area (Å²) in [6.45, 7) is 4.41. The molecule has 0 N–H and O–H groups in total. The van der Waals surface area contributed by atoms with Gasteiger partial charge in [-0.15, -0.1) is 0 Å². The summed E-state index contributed by atoms with van der Waals surface area (Å²) in [7, 11) is 1.59. The molecule has 0 radical (unpaired) electrons. The van der Waals surface area contributed by atoms with Crippen molar-refractivity contribution in [1.82, 2.24) is 9.66 Å². The minimum atomic E-state index is -0.227. The Morgan fingerprint density at radius 1 is 1.17 bits per heavy atom. The Balaban J connectivity index is 1.76. The van der Waals surface area contributed by atoms with Crippen molar-refractivity contribution in [2.45, 2.75) is 32.8 Å². The first kappa shape index (κ1) is 24.9. The molecule has 0 fully saturated rings. The molecule has 0 aliphatic carbocycles. The van der Waals surface area contributed by atoms with Gasteiger partial charge in [0.1, 0.15) is 12.4 Å². The van der Waals surface area contributed by atoms with Crippen LogP contribution in [0.4, 0.5) is 0 Å². The largest absolute Gasteiger partial charge is 0.493 e. The van der Waals surface area contributed by atoms with E-state index in [4.69, 9.17) is 26.1 Å². The second-order valence-corrected chi connectivity index (χ2v) is 9.45. The number of rotatable bonds is 8. The van der Waals surface area contributed by atoms with E-state index in [2.05, 4.69) is 28.0 Å². The highest BCUT2D eigenvalue weighted by atomic mass is 79.9. The second kappa shape index (κ2) is 11.1. The van der Waals surface area contributed by atoms with Crippen LogP contribution >= 0.6 is 27.5 Å². The van der Waals surface area contributed by atoms with Gasteiger partial charge in [-0.1, -0.05) is 59.6 Å². The Morgan fingerprint density at radius 2 is 1.94 bits per heavy atom. The van der Waals surface area contributed by atoms with Crippen LogP contribution in [0, 0.1) is 0 Å². The fraction of sp³-hybridized carbons (Fsp3) is 0.222. The number of para-hydroxylation sites is 1. The lowest BCUT2D eigenvalue weighted by Gasteiger charge is -2.15. The van der Waals surface area contributed by atoms with Crippen molar-refractivity contribution in [3.05, 3.63) is 97.5 Å². The van der Waals surface area contributed by atoms with Crippen molar-refractivity contribution in [3.8, 4) is 11.5 Å². The van der Waals surface area contributed by atoms with Crippen LogP contribution in [0.2, 0.25) is 5.02 Å². The highest BCUT2D eigenvalue weighted by Crippen LogP contribution is 2.31. The molecular weight excluding hydrogens is 530 g/mol. The molecule has 0 bridgehead atoms. The Bertz CT molecular complexity index is 1430. The zero-order chi connectivity index (χ0) is 24.9. The predicted octanol–water partition coefficient (Wildman–Crippen LogP) is 6.80. The number of aromatic nitrogens is 2. The second-order valence-electron chi connectivity index (χ2n) is 8.10. The molecule has 35 heavy (non-hydrogen) atoms. The third kappa shape index (κ3) is 5.57. The van der Waals surface area contributed by atoms with Crippen LogP contribution in [0.1, 0.15) is 43.1 Å². The van der Waals surface area contributed by atoms with Crippen LogP contribution in [-0.4, -0.2) is 23.0 Å². The summed E-state index contributed by atoms with van der Waals surface area (Å²) in [6.07, 6.45) is 2.43.